The molecule has 0 aliphatic carbocycles. The molecule has 0 saturated carbocycles. The van der Waals surface area contributed by atoms with Crippen LogP contribution in [0.5, 0.6) is 0 Å². The third kappa shape index (κ3) is 8.25. The Balaban J connectivity index is 1.28. The Morgan fingerprint density at radius 1 is 0.905 bits per heavy atom. The third-order valence-corrected chi connectivity index (χ3v) is 8.15. The number of nitrogens with zero attached hydrogens (tertiary/aromatic N) is 3. The normalized spacial score (nSPS) is 13.6. The highest BCUT2D eigenvalue weighted by molar-refractivity contribution is 7.14. The zero-order valence-electron chi connectivity index (χ0n) is 23.9. The molecule has 42 heavy (non-hydrogen) atoms. The Hall–Kier alpha value is -4.05. The number of urea groups is 1. The molecule has 0 spiro atoms. The molecule has 5 rings (SSSR count). The summed E-state index contributed by atoms with van der Waals surface area (Å²) in [5.41, 5.74) is 4.91. The van der Waals surface area contributed by atoms with Crippen LogP contribution in [0.3, 0.4) is 0 Å². The van der Waals surface area contributed by atoms with Crippen molar-refractivity contribution in [1.29, 1.82) is 0 Å². The molecular formula is C33H37N5O3S. The molecule has 3 amide bonds. The van der Waals surface area contributed by atoms with E-state index in [1.165, 1.54) is 29.4 Å². The van der Waals surface area contributed by atoms with Gasteiger partial charge in [0.25, 0.3) is 0 Å². The molecule has 0 atom stereocenters. The van der Waals surface area contributed by atoms with E-state index in [2.05, 4.69) is 69.0 Å². The quantitative estimate of drug-likeness (QED) is 0.221. The third-order valence-electron chi connectivity index (χ3n) is 7.39. The first kappa shape index (κ1) is 29.4. The van der Waals surface area contributed by atoms with Crippen LogP contribution in [0.25, 0.3) is 11.3 Å². The minimum atomic E-state index is -0.148. The second-order valence-electron chi connectivity index (χ2n) is 10.3. The molecule has 1 aliphatic rings. The number of ether oxygens (including phenoxy) is 1. The maximum Gasteiger partial charge on any atom is 0.323 e. The fourth-order valence-electron chi connectivity index (χ4n) is 5.15. The van der Waals surface area contributed by atoms with E-state index in [4.69, 9.17) is 4.74 Å². The molecule has 9 heteroatoms. The lowest BCUT2D eigenvalue weighted by molar-refractivity contribution is -0.114. The number of nitrogens with one attached hydrogen (secondary N) is 2. The molecule has 0 unspecified atom stereocenters. The van der Waals surface area contributed by atoms with Gasteiger partial charge in [-0.1, -0.05) is 72.8 Å². The SMILES string of the molecule is CC(=O)Nc1ccc(-c2csc(NC(=O)N(CCC(c3ccccc3)c3ccccc3)CCN3CCOCC3)n2)cc1. The largest absolute Gasteiger partial charge is 0.379 e. The molecule has 8 nitrogen and oxygen atoms in total. The lowest BCUT2D eigenvalue weighted by Gasteiger charge is -2.31. The van der Waals surface area contributed by atoms with E-state index >= 15 is 0 Å². The van der Waals surface area contributed by atoms with Gasteiger partial charge in [-0.25, -0.2) is 9.78 Å². The van der Waals surface area contributed by atoms with Crippen molar-refractivity contribution >= 4 is 34.1 Å². The zero-order chi connectivity index (χ0) is 29.1. The van der Waals surface area contributed by atoms with Gasteiger partial charge in [0, 0.05) is 62.2 Å². The summed E-state index contributed by atoms with van der Waals surface area (Å²) < 4.78 is 5.51. The van der Waals surface area contributed by atoms with Crippen molar-refractivity contribution in [2.24, 2.45) is 0 Å². The summed E-state index contributed by atoms with van der Waals surface area (Å²) >= 11 is 1.40. The number of hydrogen-bond donors (Lipinski definition) is 2. The molecular weight excluding hydrogens is 546 g/mol. The van der Waals surface area contributed by atoms with Crippen molar-refractivity contribution in [1.82, 2.24) is 14.8 Å². The van der Waals surface area contributed by atoms with Gasteiger partial charge in [0.2, 0.25) is 5.91 Å². The van der Waals surface area contributed by atoms with Crippen LogP contribution in [0.4, 0.5) is 15.6 Å². The van der Waals surface area contributed by atoms with Crippen molar-refractivity contribution in [3.05, 3.63) is 101 Å². The smallest absolute Gasteiger partial charge is 0.323 e. The summed E-state index contributed by atoms with van der Waals surface area (Å²) in [6.07, 6.45) is 0.800. The van der Waals surface area contributed by atoms with Gasteiger partial charge >= 0.3 is 6.03 Å². The molecule has 1 fully saturated rings. The highest BCUT2D eigenvalue weighted by Crippen LogP contribution is 2.29. The fraction of sp³-hybridized carbons (Fsp3) is 0.303. The number of thiazole rings is 1. The van der Waals surface area contributed by atoms with E-state index in [-0.39, 0.29) is 17.9 Å². The van der Waals surface area contributed by atoms with Crippen LogP contribution in [0, 0.1) is 0 Å². The predicted molar refractivity (Wildman–Crippen MR) is 169 cm³/mol. The monoisotopic (exact) mass is 583 g/mol. The van der Waals surface area contributed by atoms with Crippen molar-refractivity contribution in [2.75, 3.05) is 56.6 Å². The second-order valence-corrected chi connectivity index (χ2v) is 11.2. The van der Waals surface area contributed by atoms with E-state index in [0.717, 1.165) is 56.2 Å². The number of hydrogen-bond acceptors (Lipinski definition) is 6. The molecule has 4 aromatic rings. The van der Waals surface area contributed by atoms with Crippen molar-refractivity contribution < 1.29 is 14.3 Å². The Morgan fingerprint density at radius 3 is 2.17 bits per heavy atom. The van der Waals surface area contributed by atoms with Gasteiger partial charge in [-0.2, -0.15) is 0 Å². The first-order chi connectivity index (χ1) is 20.5. The molecule has 0 radical (unpaired) electrons. The van der Waals surface area contributed by atoms with E-state index in [0.29, 0.717) is 18.2 Å². The summed E-state index contributed by atoms with van der Waals surface area (Å²) in [5, 5.41) is 8.32. The maximum absolute atomic E-state index is 13.7. The predicted octanol–water partition coefficient (Wildman–Crippen LogP) is 6.16. The van der Waals surface area contributed by atoms with E-state index in [1.807, 2.05) is 46.7 Å². The molecule has 218 valence electrons. The fourth-order valence-corrected chi connectivity index (χ4v) is 5.85. The molecule has 2 heterocycles. The minimum Gasteiger partial charge on any atom is -0.379 e. The van der Waals surface area contributed by atoms with Crippen LogP contribution in [0.15, 0.2) is 90.3 Å². The number of morpholine rings is 1. The number of rotatable bonds is 11. The second kappa shape index (κ2) is 14.7. The summed E-state index contributed by atoms with van der Waals surface area (Å²) in [6, 6.07) is 28.4. The van der Waals surface area contributed by atoms with Crippen molar-refractivity contribution in [3.8, 4) is 11.3 Å². The average molecular weight is 584 g/mol. The van der Waals surface area contributed by atoms with Gasteiger partial charge in [0.15, 0.2) is 5.13 Å². The van der Waals surface area contributed by atoms with Crippen LogP contribution < -0.4 is 10.6 Å². The number of aromatic nitrogens is 1. The van der Waals surface area contributed by atoms with Gasteiger partial charge in [-0.05, 0) is 29.7 Å². The van der Waals surface area contributed by atoms with Crippen LogP contribution in [-0.2, 0) is 9.53 Å². The zero-order valence-corrected chi connectivity index (χ0v) is 24.7. The van der Waals surface area contributed by atoms with Gasteiger partial charge in [-0.3, -0.25) is 15.0 Å². The van der Waals surface area contributed by atoms with Crippen molar-refractivity contribution in [3.63, 3.8) is 0 Å². The molecule has 1 aromatic heterocycles. The van der Waals surface area contributed by atoms with Crippen LogP contribution in [-0.4, -0.2) is 72.7 Å². The first-order valence-electron chi connectivity index (χ1n) is 14.3. The van der Waals surface area contributed by atoms with Gasteiger partial charge < -0.3 is 15.0 Å². The number of benzene rings is 3. The van der Waals surface area contributed by atoms with Gasteiger partial charge in [0.1, 0.15) is 0 Å². The topological polar surface area (TPSA) is 86.8 Å². The van der Waals surface area contributed by atoms with E-state index in [9.17, 15) is 9.59 Å². The Morgan fingerprint density at radius 2 is 1.55 bits per heavy atom. The highest BCUT2D eigenvalue weighted by Gasteiger charge is 2.21. The standard InChI is InChI=1S/C33H37N5O3S/c1-25(39)34-29-14-12-28(13-15-29)31-24-42-32(35-31)36-33(40)38(19-18-37-20-22-41-23-21-37)17-16-30(26-8-4-2-5-9-26)27-10-6-3-7-11-27/h2-15,24,30H,16-23H2,1H3,(H,34,39)(H,35,36,40). The van der Waals surface area contributed by atoms with Gasteiger partial charge in [0.05, 0.1) is 18.9 Å². The van der Waals surface area contributed by atoms with Crippen LogP contribution in [0.2, 0.25) is 0 Å². The number of carbonyl (C=O) groups is 2. The maximum atomic E-state index is 13.7. The average Bonchev–Trinajstić information content (AvgIpc) is 3.48. The molecule has 1 aliphatic heterocycles. The van der Waals surface area contributed by atoms with E-state index in [1.54, 1.807) is 0 Å². The minimum absolute atomic E-state index is 0.113. The Kier molecular flexibility index (Phi) is 10.3. The number of amides is 3. The molecule has 3 aromatic carbocycles. The van der Waals surface area contributed by atoms with Crippen molar-refractivity contribution in [2.45, 2.75) is 19.3 Å². The summed E-state index contributed by atoms with van der Waals surface area (Å²) in [5.74, 6) is 0.0662. The first-order valence-corrected chi connectivity index (χ1v) is 15.2. The number of carbonyl (C=O) groups excluding carboxylic acids is 2. The summed E-state index contributed by atoms with van der Waals surface area (Å²) in [4.78, 5) is 33.9. The number of anilines is 2. The highest BCUT2D eigenvalue weighted by atomic mass is 32.1. The molecule has 2 N–H and O–H groups in total. The van der Waals surface area contributed by atoms with Crippen LogP contribution >= 0.6 is 11.3 Å². The van der Waals surface area contributed by atoms with Gasteiger partial charge in [-0.15, -0.1) is 11.3 Å². The lowest BCUT2D eigenvalue weighted by atomic mass is 9.88. The molecule has 1 saturated heterocycles. The van der Waals surface area contributed by atoms with Crippen LogP contribution in [0.1, 0.15) is 30.4 Å². The summed E-state index contributed by atoms with van der Waals surface area (Å²) in [7, 11) is 0. The Labute approximate surface area is 251 Å². The lowest BCUT2D eigenvalue weighted by Crippen LogP contribution is -2.44. The Bertz CT molecular complexity index is 1380. The van der Waals surface area contributed by atoms with E-state index < -0.39 is 0 Å². The molecule has 0 bridgehead atoms. The summed E-state index contributed by atoms with van der Waals surface area (Å²) in [6.45, 7) is 6.71.